The zero-order valence-electron chi connectivity index (χ0n) is 10.5. The van der Waals surface area contributed by atoms with Gasteiger partial charge >= 0.3 is 0 Å². The third kappa shape index (κ3) is 2.99. The molecule has 0 amide bonds. The predicted molar refractivity (Wildman–Crippen MR) is 77.3 cm³/mol. The van der Waals surface area contributed by atoms with E-state index in [0.717, 1.165) is 19.4 Å². The Hall–Kier alpha value is -0.600. The van der Waals surface area contributed by atoms with Gasteiger partial charge in [-0.15, -0.1) is 0 Å². The lowest BCUT2D eigenvalue weighted by Crippen LogP contribution is -2.39. The Morgan fingerprint density at radius 3 is 2.59 bits per heavy atom. The van der Waals surface area contributed by atoms with Gasteiger partial charge in [0.1, 0.15) is 0 Å². The molecule has 2 heteroatoms. The van der Waals surface area contributed by atoms with Gasteiger partial charge in [0, 0.05) is 22.5 Å². The molecule has 1 N–H and O–H groups in total. The molecule has 2 rings (SSSR count). The van der Waals surface area contributed by atoms with E-state index < -0.39 is 0 Å². The van der Waals surface area contributed by atoms with Gasteiger partial charge in [-0.1, -0.05) is 54.1 Å². The van der Waals surface area contributed by atoms with Gasteiger partial charge in [0.05, 0.1) is 0 Å². The van der Waals surface area contributed by atoms with Gasteiger partial charge in [0.15, 0.2) is 0 Å². The minimum absolute atomic E-state index is 0.258. The molecule has 0 heterocycles. The van der Waals surface area contributed by atoms with Crippen LogP contribution in [0.25, 0.3) is 0 Å². The van der Waals surface area contributed by atoms with E-state index in [1.54, 1.807) is 0 Å². The second kappa shape index (κ2) is 5.36. The lowest BCUT2D eigenvalue weighted by molar-refractivity contribution is 0.399. The molecule has 0 aromatic heterocycles. The van der Waals surface area contributed by atoms with E-state index in [0.29, 0.717) is 6.04 Å². The lowest BCUT2D eigenvalue weighted by Gasteiger charge is -2.31. The highest BCUT2D eigenvalue weighted by molar-refractivity contribution is 9.10. The first kappa shape index (κ1) is 12.8. The molecule has 1 aromatic carbocycles. The molecule has 0 radical (unpaired) electrons. The summed E-state index contributed by atoms with van der Waals surface area (Å²) < 4.78 is 1.17. The average Bonchev–Trinajstić information content (AvgIpc) is 2.76. The second-order valence-electron chi connectivity index (χ2n) is 5.21. The van der Waals surface area contributed by atoms with Crippen molar-refractivity contribution in [2.24, 2.45) is 0 Å². The second-order valence-corrected chi connectivity index (χ2v) is 6.12. The molecule has 0 aliphatic heterocycles. The topological polar surface area (TPSA) is 12.0 Å². The molecule has 0 bridgehead atoms. The van der Waals surface area contributed by atoms with Crippen LogP contribution in [0.15, 0.2) is 40.9 Å². The fourth-order valence-corrected chi connectivity index (χ4v) is 2.80. The maximum absolute atomic E-state index is 3.59. The zero-order chi connectivity index (χ0) is 12.3. The summed E-state index contributed by atoms with van der Waals surface area (Å²) in [7, 11) is 0. The number of allylic oxidation sites excluding steroid dienone is 2. The van der Waals surface area contributed by atoms with Crippen LogP contribution >= 0.6 is 15.9 Å². The highest BCUT2D eigenvalue weighted by Crippen LogP contribution is 2.37. The minimum Gasteiger partial charge on any atom is -0.314 e. The Labute approximate surface area is 112 Å². The van der Waals surface area contributed by atoms with E-state index in [4.69, 9.17) is 0 Å². The number of nitrogens with one attached hydrogen (secondary N) is 1. The van der Waals surface area contributed by atoms with Crippen molar-refractivity contribution in [3.8, 4) is 0 Å². The Balaban J connectivity index is 2.22. The molecule has 0 fully saturated rings. The molecule has 0 atom stereocenters. The minimum atomic E-state index is 0.258. The quantitative estimate of drug-likeness (QED) is 0.827. The predicted octanol–water partition coefficient (Wildman–Crippen LogP) is 4.03. The van der Waals surface area contributed by atoms with Crippen molar-refractivity contribution in [1.29, 1.82) is 0 Å². The van der Waals surface area contributed by atoms with E-state index in [2.05, 4.69) is 71.5 Å². The van der Waals surface area contributed by atoms with Crippen molar-refractivity contribution in [3.05, 3.63) is 46.5 Å². The van der Waals surface area contributed by atoms with Gasteiger partial charge in [-0.05, 0) is 30.5 Å². The maximum Gasteiger partial charge on any atom is 0.0178 e. The molecule has 1 aromatic rings. The van der Waals surface area contributed by atoms with Crippen LogP contribution in [0.1, 0.15) is 32.3 Å². The van der Waals surface area contributed by atoms with Crippen LogP contribution in [0.5, 0.6) is 0 Å². The van der Waals surface area contributed by atoms with Crippen molar-refractivity contribution in [1.82, 2.24) is 5.32 Å². The van der Waals surface area contributed by atoms with Crippen LogP contribution in [0.4, 0.5) is 0 Å². The van der Waals surface area contributed by atoms with E-state index >= 15 is 0 Å². The molecule has 1 nitrogen and oxygen atoms in total. The number of halogens is 1. The van der Waals surface area contributed by atoms with E-state index in [1.165, 1.54) is 10.0 Å². The Bertz CT molecular complexity index is 401. The third-order valence-corrected chi connectivity index (χ3v) is 3.96. The largest absolute Gasteiger partial charge is 0.314 e. The summed E-state index contributed by atoms with van der Waals surface area (Å²) in [5, 5.41) is 3.59. The van der Waals surface area contributed by atoms with Gasteiger partial charge in [-0.3, -0.25) is 0 Å². The molecule has 0 saturated heterocycles. The van der Waals surface area contributed by atoms with E-state index in [1.807, 2.05) is 0 Å². The van der Waals surface area contributed by atoms with Crippen molar-refractivity contribution in [2.75, 3.05) is 6.54 Å². The number of hydrogen-bond acceptors (Lipinski definition) is 1. The SMILES string of the molecule is CC(C)NCC1(c2cccc(Br)c2)CC=CC1. The van der Waals surface area contributed by atoms with Gasteiger partial charge < -0.3 is 5.32 Å². The standard InChI is InChI=1S/C15H20BrN/c1-12(2)17-11-15(8-3-4-9-15)13-6-5-7-14(16)10-13/h3-7,10,12,17H,8-9,11H2,1-2H3. The van der Waals surface area contributed by atoms with Gasteiger partial charge in [0.25, 0.3) is 0 Å². The zero-order valence-corrected chi connectivity index (χ0v) is 12.1. The van der Waals surface area contributed by atoms with Crippen molar-refractivity contribution < 1.29 is 0 Å². The molecular weight excluding hydrogens is 274 g/mol. The summed E-state index contributed by atoms with van der Waals surface area (Å²) in [4.78, 5) is 0. The molecular formula is C15H20BrN. The summed E-state index contributed by atoms with van der Waals surface area (Å²) in [5.41, 5.74) is 1.69. The summed E-state index contributed by atoms with van der Waals surface area (Å²) in [6.45, 7) is 5.46. The van der Waals surface area contributed by atoms with Crippen LogP contribution in [-0.2, 0) is 5.41 Å². The van der Waals surface area contributed by atoms with Crippen molar-refractivity contribution >= 4 is 15.9 Å². The Morgan fingerprint density at radius 2 is 2.00 bits per heavy atom. The Morgan fingerprint density at radius 1 is 1.29 bits per heavy atom. The normalized spacial score (nSPS) is 17.9. The summed E-state index contributed by atoms with van der Waals surface area (Å²) >= 11 is 3.57. The highest BCUT2D eigenvalue weighted by Gasteiger charge is 2.32. The molecule has 92 valence electrons. The fraction of sp³-hybridized carbons (Fsp3) is 0.467. The molecule has 1 aliphatic carbocycles. The van der Waals surface area contributed by atoms with Crippen molar-refractivity contribution in [2.45, 2.75) is 38.1 Å². The average molecular weight is 294 g/mol. The van der Waals surface area contributed by atoms with Gasteiger partial charge in [-0.25, -0.2) is 0 Å². The van der Waals surface area contributed by atoms with Crippen molar-refractivity contribution in [3.63, 3.8) is 0 Å². The first-order valence-corrected chi connectivity index (χ1v) is 7.06. The molecule has 1 aliphatic rings. The Kier molecular flexibility index (Phi) is 4.05. The van der Waals surface area contributed by atoms with Crippen LogP contribution < -0.4 is 5.32 Å². The summed E-state index contributed by atoms with van der Waals surface area (Å²) in [5.74, 6) is 0. The van der Waals surface area contributed by atoms with Gasteiger partial charge in [-0.2, -0.15) is 0 Å². The third-order valence-electron chi connectivity index (χ3n) is 3.47. The highest BCUT2D eigenvalue weighted by atomic mass is 79.9. The molecule has 0 saturated carbocycles. The van der Waals surface area contributed by atoms with Crippen LogP contribution in [0.3, 0.4) is 0 Å². The smallest absolute Gasteiger partial charge is 0.0178 e. The monoisotopic (exact) mass is 293 g/mol. The molecule has 17 heavy (non-hydrogen) atoms. The molecule has 0 unspecified atom stereocenters. The number of benzene rings is 1. The lowest BCUT2D eigenvalue weighted by atomic mass is 9.78. The van der Waals surface area contributed by atoms with Crippen LogP contribution in [0.2, 0.25) is 0 Å². The number of hydrogen-bond donors (Lipinski definition) is 1. The van der Waals surface area contributed by atoms with Gasteiger partial charge in [0.2, 0.25) is 0 Å². The van der Waals surface area contributed by atoms with Crippen LogP contribution in [-0.4, -0.2) is 12.6 Å². The van der Waals surface area contributed by atoms with E-state index in [-0.39, 0.29) is 5.41 Å². The first-order chi connectivity index (χ1) is 8.12. The first-order valence-electron chi connectivity index (χ1n) is 6.27. The maximum atomic E-state index is 3.59. The van der Waals surface area contributed by atoms with E-state index in [9.17, 15) is 0 Å². The molecule has 0 spiro atoms. The number of rotatable bonds is 4. The summed E-state index contributed by atoms with van der Waals surface area (Å²) in [6.07, 6.45) is 6.90. The van der Waals surface area contributed by atoms with Crippen LogP contribution in [0, 0.1) is 0 Å². The summed E-state index contributed by atoms with van der Waals surface area (Å²) in [6, 6.07) is 9.28. The fourth-order valence-electron chi connectivity index (χ4n) is 2.40.